The molecule has 1 heterocycles. The Balaban J connectivity index is 2.12. The van der Waals surface area contributed by atoms with E-state index in [1.165, 1.54) is 0 Å². The first kappa shape index (κ1) is 16.6. The first-order chi connectivity index (χ1) is 10.9. The molecule has 1 amide bonds. The maximum Gasteiger partial charge on any atom is 0.256 e. The fourth-order valence-corrected chi connectivity index (χ4v) is 4.60. The lowest BCUT2D eigenvalue weighted by Crippen LogP contribution is -2.47. The summed E-state index contributed by atoms with van der Waals surface area (Å²) in [4.78, 5) is 12.7. The quantitative estimate of drug-likeness (QED) is 0.786. The van der Waals surface area contributed by atoms with Crippen molar-refractivity contribution in [2.75, 3.05) is 0 Å². The molecule has 3 rings (SSSR count). The minimum atomic E-state index is -0.538. The zero-order valence-electron chi connectivity index (χ0n) is 14.0. The second-order valence-electron chi connectivity index (χ2n) is 7.05. The van der Waals surface area contributed by atoms with Crippen LogP contribution in [0.25, 0.3) is 5.57 Å². The number of carbonyl (C=O) groups excluding carboxylic acids is 1. The molecule has 1 aromatic rings. The Bertz CT molecular complexity index is 685. The Morgan fingerprint density at radius 2 is 2.00 bits per heavy atom. The van der Waals surface area contributed by atoms with Gasteiger partial charge in [-0.1, -0.05) is 29.8 Å². The molecule has 1 spiro atoms. The van der Waals surface area contributed by atoms with Crippen LogP contribution < -0.4 is 5.32 Å². The van der Waals surface area contributed by atoms with Crippen LogP contribution in [-0.2, 0) is 11.2 Å². The highest BCUT2D eigenvalue weighted by Crippen LogP contribution is 2.44. The Labute approximate surface area is 146 Å². The van der Waals surface area contributed by atoms with Gasteiger partial charge in [0.25, 0.3) is 5.91 Å². The number of carbonyl (C=O) groups is 1. The van der Waals surface area contributed by atoms with Gasteiger partial charge in [0.1, 0.15) is 5.76 Å². The second-order valence-corrected chi connectivity index (χ2v) is 7.97. The summed E-state index contributed by atoms with van der Waals surface area (Å²) >= 11 is 3.52. The number of aliphatic hydroxyl groups excluding tert-OH is 1. The van der Waals surface area contributed by atoms with Crippen molar-refractivity contribution >= 4 is 27.4 Å². The minimum Gasteiger partial charge on any atom is -0.509 e. The molecule has 3 nitrogen and oxygen atoms in total. The Kier molecular flexibility index (Phi) is 4.30. The summed E-state index contributed by atoms with van der Waals surface area (Å²) in [6, 6.07) is 4.06. The molecular weight excluding hydrogens is 354 g/mol. The number of aryl methyl sites for hydroxylation is 2. The minimum absolute atomic E-state index is 0.128. The van der Waals surface area contributed by atoms with E-state index < -0.39 is 5.54 Å². The van der Waals surface area contributed by atoms with Crippen LogP contribution in [0.15, 0.2) is 22.4 Å². The highest BCUT2D eigenvalue weighted by atomic mass is 79.9. The summed E-state index contributed by atoms with van der Waals surface area (Å²) < 4.78 is 1.01. The van der Waals surface area contributed by atoms with Crippen molar-refractivity contribution in [1.82, 2.24) is 5.32 Å². The molecule has 0 bridgehead atoms. The smallest absolute Gasteiger partial charge is 0.256 e. The third kappa shape index (κ3) is 2.71. The molecule has 1 aromatic carbocycles. The monoisotopic (exact) mass is 377 g/mol. The van der Waals surface area contributed by atoms with Gasteiger partial charge in [-0.2, -0.15) is 0 Å². The fourth-order valence-electron chi connectivity index (χ4n) is 3.98. The maximum absolute atomic E-state index is 12.7. The molecule has 0 atom stereocenters. The number of hydrogen-bond donors (Lipinski definition) is 2. The molecule has 0 unspecified atom stereocenters. The zero-order valence-corrected chi connectivity index (χ0v) is 15.6. The van der Waals surface area contributed by atoms with Gasteiger partial charge in [-0.25, -0.2) is 0 Å². The molecule has 1 fully saturated rings. The van der Waals surface area contributed by atoms with Crippen molar-refractivity contribution in [1.29, 1.82) is 0 Å². The molecular formula is C19H24BrNO2. The van der Waals surface area contributed by atoms with Gasteiger partial charge in [-0.15, -0.1) is 0 Å². The van der Waals surface area contributed by atoms with E-state index in [2.05, 4.69) is 35.1 Å². The van der Waals surface area contributed by atoms with E-state index in [-0.39, 0.29) is 11.7 Å². The topological polar surface area (TPSA) is 49.3 Å². The average Bonchev–Trinajstić information content (AvgIpc) is 2.73. The van der Waals surface area contributed by atoms with Gasteiger partial charge in [0.2, 0.25) is 0 Å². The van der Waals surface area contributed by atoms with E-state index in [1.807, 2.05) is 19.1 Å². The van der Waals surface area contributed by atoms with Crippen molar-refractivity contribution in [2.24, 2.45) is 5.92 Å². The van der Waals surface area contributed by atoms with Gasteiger partial charge in [-0.05, 0) is 73.8 Å². The van der Waals surface area contributed by atoms with Crippen molar-refractivity contribution in [3.63, 3.8) is 0 Å². The normalized spacial score (nSPS) is 27.7. The molecule has 0 aromatic heterocycles. The lowest BCUT2D eigenvalue weighted by atomic mass is 9.76. The number of rotatable bonds is 2. The van der Waals surface area contributed by atoms with Crippen LogP contribution in [0.2, 0.25) is 0 Å². The molecule has 4 heteroatoms. The van der Waals surface area contributed by atoms with Crippen LogP contribution >= 0.6 is 15.9 Å². The first-order valence-corrected chi connectivity index (χ1v) is 9.23. The Morgan fingerprint density at radius 1 is 1.35 bits per heavy atom. The lowest BCUT2D eigenvalue weighted by molar-refractivity contribution is -0.116. The van der Waals surface area contributed by atoms with Crippen LogP contribution in [-0.4, -0.2) is 16.6 Å². The van der Waals surface area contributed by atoms with Gasteiger partial charge in [0.15, 0.2) is 0 Å². The molecule has 1 saturated carbocycles. The van der Waals surface area contributed by atoms with Crippen LogP contribution in [0, 0.1) is 12.8 Å². The second kappa shape index (κ2) is 5.97. The van der Waals surface area contributed by atoms with E-state index in [0.717, 1.165) is 53.3 Å². The maximum atomic E-state index is 12.7. The van der Waals surface area contributed by atoms with E-state index in [4.69, 9.17) is 0 Å². The number of hydrogen-bond acceptors (Lipinski definition) is 2. The molecule has 23 heavy (non-hydrogen) atoms. The molecule has 124 valence electrons. The number of amides is 1. The van der Waals surface area contributed by atoms with Crippen LogP contribution in [0.3, 0.4) is 0 Å². The highest BCUT2D eigenvalue weighted by Gasteiger charge is 2.47. The molecule has 1 aliphatic carbocycles. The third-order valence-electron chi connectivity index (χ3n) is 5.41. The standard InChI is InChI=1S/C19H24BrNO2/c1-4-13-10-14(20)9-12(3)15(13)16-17(22)19(21-18(16)23)7-5-11(2)6-8-19/h9-11,22H,4-8H2,1-3H3,(H,21,23). The van der Waals surface area contributed by atoms with Crippen molar-refractivity contribution < 1.29 is 9.90 Å². The van der Waals surface area contributed by atoms with E-state index in [9.17, 15) is 9.90 Å². The Morgan fingerprint density at radius 3 is 2.61 bits per heavy atom. The summed E-state index contributed by atoms with van der Waals surface area (Å²) in [5.41, 5.74) is 2.97. The Hall–Kier alpha value is -1.29. The van der Waals surface area contributed by atoms with Crippen molar-refractivity contribution in [3.8, 4) is 0 Å². The summed E-state index contributed by atoms with van der Waals surface area (Å²) in [5.74, 6) is 0.793. The summed E-state index contributed by atoms with van der Waals surface area (Å²) in [7, 11) is 0. The lowest BCUT2D eigenvalue weighted by Gasteiger charge is -2.36. The van der Waals surface area contributed by atoms with Crippen molar-refractivity contribution in [3.05, 3.63) is 39.1 Å². The number of halogens is 1. The predicted octanol–water partition coefficient (Wildman–Crippen LogP) is 4.67. The van der Waals surface area contributed by atoms with Crippen molar-refractivity contribution in [2.45, 2.75) is 58.4 Å². The summed E-state index contributed by atoms with van der Waals surface area (Å²) in [5, 5.41) is 14.1. The van der Waals surface area contributed by atoms with E-state index >= 15 is 0 Å². The number of nitrogens with one attached hydrogen (secondary N) is 1. The molecule has 2 N–H and O–H groups in total. The predicted molar refractivity (Wildman–Crippen MR) is 96.3 cm³/mol. The van der Waals surface area contributed by atoms with Gasteiger partial charge in [0, 0.05) is 4.47 Å². The van der Waals surface area contributed by atoms with Gasteiger partial charge in [-0.3, -0.25) is 4.79 Å². The number of aliphatic hydroxyl groups is 1. The number of benzene rings is 1. The van der Waals surface area contributed by atoms with Crippen LogP contribution in [0.4, 0.5) is 0 Å². The molecule has 0 saturated heterocycles. The first-order valence-electron chi connectivity index (χ1n) is 8.43. The summed E-state index contributed by atoms with van der Waals surface area (Å²) in [6.45, 7) is 6.31. The average molecular weight is 378 g/mol. The van der Waals surface area contributed by atoms with Gasteiger partial charge < -0.3 is 10.4 Å². The van der Waals surface area contributed by atoms with E-state index in [0.29, 0.717) is 11.5 Å². The SMILES string of the molecule is CCc1cc(Br)cc(C)c1C1=C(O)C2(CCC(C)CC2)NC1=O. The molecule has 1 aliphatic heterocycles. The van der Waals surface area contributed by atoms with Crippen LogP contribution in [0.5, 0.6) is 0 Å². The van der Waals surface area contributed by atoms with Crippen LogP contribution in [0.1, 0.15) is 56.2 Å². The molecule has 2 aliphatic rings. The summed E-state index contributed by atoms with van der Waals surface area (Å²) in [6.07, 6.45) is 4.55. The zero-order chi connectivity index (χ0) is 16.8. The highest BCUT2D eigenvalue weighted by molar-refractivity contribution is 9.10. The fraction of sp³-hybridized carbons (Fsp3) is 0.526. The third-order valence-corrected chi connectivity index (χ3v) is 5.87. The van der Waals surface area contributed by atoms with E-state index in [1.54, 1.807) is 0 Å². The van der Waals surface area contributed by atoms with Gasteiger partial charge >= 0.3 is 0 Å². The van der Waals surface area contributed by atoms with Gasteiger partial charge in [0.05, 0.1) is 11.1 Å². The largest absolute Gasteiger partial charge is 0.509 e. The molecule has 0 radical (unpaired) electrons.